The topological polar surface area (TPSA) is 49.7 Å². The summed E-state index contributed by atoms with van der Waals surface area (Å²) in [5.74, 6) is -0.470. The molecule has 0 aliphatic heterocycles. The number of hydrogen-bond acceptors (Lipinski definition) is 4. The van der Waals surface area contributed by atoms with Crippen molar-refractivity contribution < 1.29 is 40.2 Å². The van der Waals surface area contributed by atoms with Crippen molar-refractivity contribution in [2.24, 2.45) is 9.98 Å². The number of halogens is 8. The maximum Gasteiger partial charge on any atom is 0.419 e. The zero-order valence-electron chi connectivity index (χ0n) is 30.0. The van der Waals surface area contributed by atoms with Crippen LogP contribution < -0.4 is 9.47 Å². The zero-order chi connectivity index (χ0) is 39.0. The molecule has 0 saturated heterocycles. The van der Waals surface area contributed by atoms with Gasteiger partial charge in [0.15, 0.2) is 0 Å². The molecule has 0 bridgehead atoms. The van der Waals surface area contributed by atoms with Crippen molar-refractivity contribution in [3.8, 4) is 23.0 Å². The molecule has 0 heterocycles. The minimum absolute atomic E-state index is 0.0752. The van der Waals surface area contributed by atoms with E-state index in [9.17, 15) is 30.7 Å². The summed E-state index contributed by atoms with van der Waals surface area (Å²) in [6, 6.07) is 13.2. The lowest BCUT2D eigenvalue weighted by atomic mass is 10.1. The Bertz CT molecular complexity index is 1770. The SMILES string of the molecule is CCN(C)C=Nc1cc(C)c(Oc2ccc(Cl)c(C(F)(F)F)c2)cc1C.CCN(C)C=Nc1cc(C)c(Oc2ccc(F)c(C(F)(F)F)c2)cc1C. The average Bonchev–Trinajstić information content (AvgIpc) is 3.07. The maximum atomic E-state index is 13.4. The third-order valence-corrected chi connectivity index (χ3v) is 8.04. The van der Waals surface area contributed by atoms with Crippen LogP contribution in [-0.4, -0.2) is 49.7 Å². The van der Waals surface area contributed by atoms with Crippen LogP contribution in [0.3, 0.4) is 0 Å². The second kappa shape index (κ2) is 17.6. The van der Waals surface area contributed by atoms with Crippen LogP contribution in [0, 0.1) is 33.5 Å². The van der Waals surface area contributed by atoms with Crippen LogP contribution in [0.15, 0.2) is 70.6 Å². The Labute approximate surface area is 304 Å². The second-order valence-electron chi connectivity index (χ2n) is 11.9. The fourth-order valence-electron chi connectivity index (χ4n) is 4.36. The largest absolute Gasteiger partial charge is 0.457 e. The van der Waals surface area contributed by atoms with E-state index < -0.39 is 29.3 Å². The van der Waals surface area contributed by atoms with Crippen molar-refractivity contribution in [1.82, 2.24) is 9.80 Å². The van der Waals surface area contributed by atoms with Crippen LogP contribution in [0.1, 0.15) is 47.2 Å². The Balaban J connectivity index is 0.000000280. The highest BCUT2D eigenvalue weighted by molar-refractivity contribution is 6.31. The van der Waals surface area contributed by atoms with E-state index in [-0.39, 0.29) is 16.5 Å². The molecule has 0 radical (unpaired) electrons. The van der Waals surface area contributed by atoms with Crippen LogP contribution in [0.2, 0.25) is 5.02 Å². The predicted octanol–water partition coefficient (Wildman–Crippen LogP) is 12.2. The number of nitrogens with zero attached hydrogens (tertiary/aromatic N) is 4. The van der Waals surface area contributed by atoms with Gasteiger partial charge in [0.1, 0.15) is 28.8 Å². The van der Waals surface area contributed by atoms with E-state index in [1.54, 1.807) is 37.8 Å². The third kappa shape index (κ3) is 11.6. The van der Waals surface area contributed by atoms with Crippen molar-refractivity contribution in [2.45, 2.75) is 53.9 Å². The minimum Gasteiger partial charge on any atom is -0.457 e. The monoisotopic (exact) mass is 752 g/mol. The Morgan fingerprint density at radius 1 is 0.615 bits per heavy atom. The van der Waals surface area contributed by atoms with Gasteiger partial charge < -0.3 is 19.3 Å². The Morgan fingerprint density at radius 3 is 1.42 bits per heavy atom. The molecule has 4 aromatic rings. The lowest BCUT2D eigenvalue weighted by molar-refractivity contribution is -0.140. The first kappa shape index (κ1) is 41.6. The van der Waals surface area contributed by atoms with Crippen molar-refractivity contribution in [2.75, 3.05) is 27.2 Å². The molecule has 14 heteroatoms. The summed E-state index contributed by atoms with van der Waals surface area (Å²) in [4.78, 5) is 12.7. The molecule has 0 amide bonds. The molecule has 0 saturated carbocycles. The van der Waals surface area contributed by atoms with E-state index in [0.717, 1.165) is 53.3 Å². The molecule has 0 aromatic heterocycles. The molecule has 0 spiro atoms. The molecule has 52 heavy (non-hydrogen) atoms. The first-order valence-corrected chi connectivity index (χ1v) is 16.4. The Hall–Kier alpha value is -4.78. The number of hydrogen-bond donors (Lipinski definition) is 0. The van der Waals surface area contributed by atoms with Crippen molar-refractivity contribution in [3.05, 3.63) is 105 Å². The van der Waals surface area contributed by atoms with E-state index in [4.69, 9.17) is 21.1 Å². The summed E-state index contributed by atoms with van der Waals surface area (Å²) in [7, 11) is 3.82. The van der Waals surface area contributed by atoms with Gasteiger partial charge >= 0.3 is 12.4 Å². The maximum absolute atomic E-state index is 13.4. The molecule has 4 aromatic carbocycles. The van der Waals surface area contributed by atoms with Crippen LogP contribution >= 0.6 is 11.6 Å². The van der Waals surface area contributed by atoms with Gasteiger partial charge in [-0.25, -0.2) is 14.4 Å². The van der Waals surface area contributed by atoms with Gasteiger partial charge in [0.05, 0.1) is 40.2 Å². The molecular formula is C38H40ClF7N4O2. The Kier molecular flexibility index (Phi) is 14.1. The fourth-order valence-corrected chi connectivity index (χ4v) is 4.58. The second-order valence-corrected chi connectivity index (χ2v) is 12.3. The highest BCUT2D eigenvalue weighted by Gasteiger charge is 2.35. The van der Waals surface area contributed by atoms with Crippen molar-refractivity contribution >= 4 is 35.7 Å². The number of alkyl halides is 6. The number of ether oxygens (including phenoxy) is 2. The molecule has 0 aliphatic rings. The molecule has 280 valence electrons. The summed E-state index contributed by atoms with van der Waals surface area (Å²) >= 11 is 5.64. The highest BCUT2D eigenvalue weighted by atomic mass is 35.5. The van der Waals surface area contributed by atoms with Gasteiger partial charge in [-0.15, -0.1) is 0 Å². The standard InChI is InChI=1S/C19H20ClF3N2O.C19H20F4N2O/c2*1-5-25(4)11-24-17-8-13(3)18(9-12(17)2)26-14-6-7-16(20)15(10-14)19(21,22)23/h2*6-11H,5H2,1-4H3. The summed E-state index contributed by atoms with van der Waals surface area (Å²) in [5, 5.41) is -0.359. The fraction of sp³-hybridized carbons (Fsp3) is 0.316. The van der Waals surface area contributed by atoms with Crippen LogP contribution in [0.4, 0.5) is 42.1 Å². The molecule has 0 unspecified atom stereocenters. The zero-order valence-corrected chi connectivity index (χ0v) is 30.7. The van der Waals surface area contributed by atoms with E-state index in [0.29, 0.717) is 23.1 Å². The summed E-state index contributed by atoms with van der Waals surface area (Å²) in [6.45, 7) is 12.9. The molecule has 0 fully saturated rings. The smallest absolute Gasteiger partial charge is 0.419 e. The van der Waals surface area contributed by atoms with E-state index in [2.05, 4.69) is 9.98 Å². The van der Waals surface area contributed by atoms with Crippen LogP contribution in [0.25, 0.3) is 0 Å². The molecular weight excluding hydrogens is 713 g/mol. The molecule has 0 atom stereocenters. The van der Waals surface area contributed by atoms with Gasteiger partial charge in [0, 0.05) is 27.2 Å². The van der Waals surface area contributed by atoms with Gasteiger partial charge in [0.25, 0.3) is 0 Å². The number of benzene rings is 4. The van der Waals surface area contributed by atoms with Gasteiger partial charge in [-0.3, -0.25) is 0 Å². The quantitative estimate of drug-likeness (QED) is 0.0919. The van der Waals surface area contributed by atoms with Gasteiger partial charge in [-0.1, -0.05) is 11.6 Å². The highest BCUT2D eigenvalue weighted by Crippen LogP contribution is 2.39. The molecule has 4 rings (SSSR count). The number of aliphatic imine (C=N–C) groups is 2. The van der Waals surface area contributed by atoms with Crippen LogP contribution in [-0.2, 0) is 12.4 Å². The first-order valence-electron chi connectivity index (χ1n) is 16.0. The lowest BCUT2D eigenvalue weighted by Gasteiger charge is -2.14. The van der Waals surface area contributed by atoms with E-state index >= 15 is 0 Å². The number of rotatable bonds is 10. The average molecular weight is 753 g/mol. The third-order valence-electron chi connectivity index (χ3n) is 7.71. The number of aryl methyl sites for hydroxylation is 4. The van der Waals surface area contributed by atoms with Crippen molar-refractivity contribution in [1.29, 1.82) is 0 Å². The summed E-state index contributed by atoms with van der Waals surface area (Å²) in [5.41, 5.74) is 2.39. The Morgan fingerprint density at radius 2 is 1.02 bits per heavy atom. The molecule has 0 aliphatic carbocycles. The molecule has 0 N–H and O–H groups in total. The summed E-state index contributed by atoms with van der Waals surface area (Å²) < 4.78 is 102. The van der Waals surface area contributed by atoms with Crippen LogP contribution in [0.5, 0.6) is 23.0 Å². The summed E-state index contributed by atoms with van der Waals surface area (Å²) in [6.07, 6.45) is -5.88. The van der Waals surface area contributed by atoms with Gasteiger partial charge in [-0.05, 0) is 124 Å². The normalized spacial score (nSPS) is 11.8. The predicted molar refractivity (Wildman–Crippen MR) is 193 cm³/mol. The van der Waals surface area contributed by atoms with Gasteiger partial charge in [0.2, 0.25) is 0 Å². The van der Waals surface area contributed by atoms with Crippen molar-refractivity contribution in [3.63, 3.8) is 0 Å². The minimum atomic E-state index is -4.78. The van der Waals surface area contributed by atoms with Gasteiger partial charge in [-0.2, -0.15) is 26.3 Å². The van der Waals surface area contributed by atoms with E-state index in [1.807, 2.05) is 64.6 Å². The van der Waals surface area contributed by atoms with E-state index in [1.165, 1.54) is 18.2 Å². The lowest BCUT2D eigenvalue weighted by Crippen LogP contribution is -2.14. The first-order chi connectivity index (χ1) is 24.2. The molecule has 6 nitrogen and oxygen atoms in total.